The first-order chi connectivity index (χ1) is 8.77. The first-order valence-corrected chi connectivity index (χ1v) is 6.45. The molecule has 4 nitrogen and oxygen atoms in total. The molecule has 1 N–H and O–H groups in total. The van der Waals surface area contributed by atoms with E-state index in [0.717, 1.165) is 17.7 Å². The molecule has 2 heterocycles. The van der Waals surface area contributed by atoms with E-state index in [9.17, 15) is 4.79 Å². The standard InChI is InChI=1S/C12H15N3O.C2H6/c1-3-5-10-11-9(4-2)8-14-15(11)7-6-13-12(10)16;1-2/h4-5,8H,2-3,6-7H2,1H3,(H,13,16);1-2H3/b10-5+;. The molecule has 1 aromatic rings. The van der Waals surface area contributed by atoms with E-state index in [1.54, 1.807) is 12.3 Å². The number of hydrogen-bond acceptors (Lipinski definition) is 2. The van der Waals surface area contributed by atoms with E-state index in [1.807, 2.05) is 31.5 Å². The lowest BCUT2D eigenvalue weighted by atomic mass is 10.1. The molecule has 0 atom stereocenters. The summed E-state index contributed by atoms with van der Waals surface area (Å²) >= 11 is 0. The molecule has 0 saturated heterocycles. The van der Waals surface area contributed by atoms with Crippen LogP contribution in [0.5, 0.6) is 0 Å². The summed E-state index contributed by atoms with van der Waals surface area (Å²) in [4.78, 5) is 11.9. The molecule has 0 fully saturated rings. The van der Waals surface area contributed by atoms with Gasteiger partial charge in [0.25, 0.3) is 5.91 Å². The Morgan fingerprint density at radius 1 is 1.56 bits per heavy atom. The largest absolute Gasteiger partial charge is 0.350 e. The van der Waals surface area contributed by atoms with Gasteiger partial charge in [-0.15, -0.1) is 0 Å². The molecule has 1 aromatic heterocycles. The summed E-state index contributed by atoms with van der Waals surface area (Å²) in [5, 5.41) is 7.13. The number of amides is 1. The molecule has 1 aliphatic heterocycles. The number of fused-ring (bicyclic) bond motifs is 1. The predicted octanol–water partition coefficient (Wildman–Crippen LogP) is 2.48. The molecular formula is C14H21N3O. The summed E-state index contributed by atoms with van der Waals surface area (Å²) in [5.74, 6) is -0.0239. The van der Waals surface area contributed by atoms with Crippen molar-refractivity contribution in [1.29, 1.82) is 0 Å². The molecule has 0 bridgehead atoms. The van der Waals surface area contributed by atoms with Gasteiger partial charge in [0.2, 0.25) is 0 Å². The van der Waals surface area contributed by atoms with E-state index in [4.69, 9.17) is 0 Å². The monoisotopic (exact) mass is 247 g/mol. The van der Waals surface area contributed by atoms with Gasteiger partial charge in [-0.3, -0.25) is 9.48 Å². The molecule has 18 heavy (non-hydrogen) atoms. The van der Waals surface area contributed by atoms with E-state index in [-0.39, 0.29) is 5.91 Å². The molecule has 0 radical (unpaired) electrons. The average Bonchev–Trinajstić information content (AvgIpc) is 2.74. The maximum absolute atomic E-state index is 11.9. The summed E-state index contributed by atoms with van der Waals surface area (Å²) in [5.41, 5.74) is 2.50. The van der Waals surface area contributed by atoms with E-state index in [1.165, 1.54) is 0 Å². The second-order valence-corrected chi connectivity index (χ2v) is 3.66. The summed E-state index contributed by atoms with van der Waals surface area (Å²) in [7, 11) is 0. The van der Waals surface area contributed by atoms with Crippen molar-refractivity contribution in [3.8, 4) is 0 Å². The molecule has 1 amide bonds. The number of nitrogens with zero attached hydrogens (tertiary/aromatic N) is 2. The normalized spacial score (nSPS) is 16.2. The number of aromatic nitrogens is 2. The quantitative estimate of drug-likeness (QED) is 0.816. The minimum absolute atomic E-state index is 0.0239. The number of allylic oxidation sites excluding steroid dienone is 1. The highest BCUT2D eigenvalue weighted by atomic mass is 16.1. The van der Waals surface area contributed by atoms with Crippen LogP contribution in [0.15, 0.2) is 18.9 Å². The van der Waals surface area contributed by atoms with Crippen LogP contribution in [-0.2, 0) is 11.3 Å². The van der Waals surface area contributed by atoms with Crippen molar-refractivity contribution in [2.75, 3.05) is 6.54 Å². The summed E-state index contributed by atoms with van der Waals surface area (Å²) in [6.07, 6.45) is 6.25. The summed E-state index contributed by atoms with van der Waals surface area (Å²) in [6.45, 7) is 11.1. The lowest BCUT2D eigenvalue weighted by Gasteiger charge is -2.05. The van der Waals surface area contributed by atoms with Crippen LogP contribution < -0.4 is 5.32 Å². The fourth-order valence-electron chi connectivity index (χ4n) is 1.88. The highest BCUT2D eigenvalue weighted by Crippen LogP contribution is 2.22. The Morgan fingerprint density at radius 2 is 2.28 bits per heavy atom. The third kappa shape index (κ3) is 2.70. The molecule has 4 heteroatoms. The fourth-order valence-corrected chi connectivity index (χ4v) is 1.88. The number of rotatable bonds is 2. The van der Waals surface area contributed by atoms with Crippen molar-refractivity contribution in [3.63, 3.8) is 0 Å². The van der Waals surface area contributed by atoms with Gasteiger partial charge >= 0.3 is 0 Å². The first kappa shape index (κ1) is 14.2. The average molecular weight is 247 g/mol. The molecule has 0 spiro atoms. The van der Waals surface area contributed by atoms with E-state index in [0.29, 0.717) is 18.7 Å². The zero-order valence-electron chi connectivity index (χ0n) is 11.4. The van der Waals surface area contributed by atoms with Gasteiger partial charge in [-0.25, -0.2) is 0 Å². The van der Waals surface area contributed by atoms with Gasteiger partial charge in [-0.05, 0) is 6.42 Å². The van der Waals surface area contributed by atoms with Crippen molar-refractivity contribution in [3.05, 3.63) is 30.1 Å². The van der Waals surface area contributed by atoms with Gasteiger partial charge in [0.05, 0.1) is 24.0 Å². The minimum Gasteiger partial charge on any atom is -0.350 e. The Bertz CT molecular complexity index is 458. The highest BCUT2D eigenvalue weighted by Gasteiger charge is 2.21. The van der Waals surface area contributed by atoms with Gasteiger partial charge in [-0.2, -0.15) is 5.10 Å². The zero-order chi connectivity index (χ0) is 13.5. The van der Waals surface area contributed by atoms with Gasteiger partial charge in [-0.1, -0.05) is 39.5 Å². The fraction of sp³-hybridized carbons (Fsp3) is 0.429. The van der Waals surface area contributed by atoms with Gasteiger partial charge in [0.15, 0.2) is 0 Å². The van der Waals surface area contributed by atoms with Gasteiger partial charge in [0, 0.05) is 12.1 Å². The molecule has 0 aromatic carbocycles. The van der Waals surface area contributed by atoms with Gasteiger partial charge in [0.1, 0.15) is 0 Å². The topological polar surface area (TPSA) is 46.9 Å². The van der Waals surface area contributed by atoms with Crippen LogP contribution in [0, 0.1) is 0 Å². The second-order valence-electron chi connectivity index (χ2n) is 3.66. The van der Waals surface area contributed by atoms with Crippen molar-refractivity contribution in [2.45, 2.75) is 33.7 Å². The van der Waals surface area contributed by atoms with Crippen LogP contribution in [0.25, 0.3) is 11.6 Å². The Morgan fingerprint density at radius 3 is 2.89 bits per heavy atom. The van der Waals surface area contributed by atoms with Crippen LogP contribution in [0.3, 0.4) is 0 Å². The number of nitrogens with one attached hydrogen (secondary N) is 1. The lowest BCUT2D eigenvalue weighted by molar-refractivity contribution is -0.115. The molecular weight excluding hydrogens is 226 g/mol. The van der Waals surface area contributed by atoms with Crippen molar-refractivity contribution < 1.29 is 4.79 Å². The Kier molecular flexibility index (Phi) is 5.36. The van der Waals surface area contributed by atoms with Crippen LogP contribution >= 0.6 is 0 Å². The highest BCUT2D eigenvalue weighted by molar-refractivity contribution is 6.20. The van der Waals surface area contributed by atoms with E-state index < -0.39 is 0 Å². The van der Waals surface area contributed by atoms with Crippen LogP contribution in [-0.4, -0.2) is 22.2 Å². The lowest BCUT2D eigenvalue weighted by Crippen LogP contribution is -2.24. The maximum Gasteiger partial charge on any atom is 0.253 e. The SMILES string of the molecule is C=Cc1cnn2c1/C(=C\CC)C(=O)NCC2.CC. The van der Waals surface area contributed by atoms with Crippen LogP contribution in [0.2, 0.25) is 0 Å². The Hall–Kier alpha value is -1.84. The molecule has 98 valence electrons. The molecule has 2 rings (SSSR count). The van der Waals surface area contributed by atoms with Crippen LogP contribution in [0.1, 0.15) is 38.4 Å². The third-order valence-corrected chi connectivity index (χ3v) is 2.60. The van der Waals surface area contributed by atoms with Crippen molar-refractivity contribution >= 4 is 17.6 Å². The second kappa shape index (κ2) is 6.79. The number of carbonyl (C=O) groups is 1. The Balaban J connectivity index is 0.000000771. The van der Waals surface area contributed by atoms with Gasteiger partial charge < -0.3 is 5.32 Å². The minimum atomic E-state index is -0.0239. The van der Waals surface area contributed by atoms with Crippen molar-refractivity contribution in [2.24, 2.45) is 0 Å². The maximum atomic E-state index is 11.9. The molecule has 0 aliphatic carbocycles. The van der Waals surface area contributed by atoms with Crippen molar-refractivity contribution in [1.82, 2.24) is 15.1 Å². The number of carbonyl (C=O) groups excluding carboxylic acids is 1. The van der Waals surface area contributed by atoms with Crippen LogP contribution in [0.4, 0.5) is 0 Å². The van der Waals surface area contributed by atoms with E-state index in [2.05, 4.69) is 17.0 Å². The number of hydrogen-bond donors (Lipinski definition) is 1. The molecule has 0 unspecified atom stereocenters. The smallest absolute Gasteiger partial charge is 0.253 e. The molecule has 0 saturated carbocycles. The summed E-state index contributed by atoms with van der Waals surface area (Å²) in [6, 6.07) is 0. The van der Waals surface area contributed by atoms with E-state index >= 15 is 0 Å². The summed E-state index contributed by atoms with van der Waals surface area (Å²) < 4.78 is 1.86. The zero-order valence-corrected chi connectivity index (χ0v) is 11.4. The third-order valence-electron chi connectivity index (χ3n) is 2.60. The molecule has 1 aliphatic rings. The predicted molar refractivity (Wildman–Crippen MR) is 74.9 cm³/mol. The Labute approximate surface area is 108 Å². The first-order valence-electron chi connectivity index (χ1n) is 6.45.